The number of nitrogens with one attached hydrogen (secondary N) is 1. The van der Waals surface area contributed by atoms with Gasteiger partial charge in [0.25, 0.3) is 11.7 Å². The maximum atomic E-state index is 11.6. The van der Waals surface area contributed by atoms with Gasteiger partial charge in [0.15, 0.2) is 0 Å². The van der Waals surface area contributed by atoms with Crippen molar-refractivity contribution < 1.29 is 19.2 Å². The highest BCUT2D eigenvalue weighted by molar-refractivity contribution is 6.01. The Balaban J connectivity index is 2.10. The molecule has 0 aliphatic heterocycles. The molecule has 7 heteroatoms. The molecule has 2 rings (SSSR count). The largest absolute Gasteiger partial charge is 0.478 e. The fourth-order valence-electron chi connectivity index (χ4n) is 1.27. The molecule has 1 aromatic heterocycles. The van der Waals surface area contributed by atoms with Crippen LogP contribution in [0.4, 0.5) is 5.69 Å². The summed E-state index contributed by atoms with van der Waals surface area (Å²) >= 11 is 0. The van der Waals surface area contributed by atoms with Crippen LogP contribution >= 0.6 is 0 Å². The summed E-state index contributed by atoms with van der Waals surface area (Å²) in [5.41, 5.74) is 0.593. The predicted octanol–water partition coefficient (Wildman–Crippen LogP) is 1.33. The Labute approximate surface area is 101 Å². The molecule has 0 bridgehead atoms. The molecule has 0 saturated heterocycles. The second kappa shape index (κ2) is 4.66. The minimum atomic E-state index is -1.03. The number of amides is 1. The normalized spacial score (nSPS) is 10.1. The van der Waals surface area contributed by atoms with Gasteiger partial charge in [0.05, 0.1) is 5.56 Å². The molecule has 92 valence electrons. The molecule has 0 radical (unpaired) electrons. The second-order valence-corrected chi connectivity index (χ2v) is 3.47. The first-order valence-electron chi connectivity index (χ1n) is 5.01. The van der Waals surface area contributed by atoms with E-state index in [1.165, 1.54) is 24.3 Å². The van der Waals surface area contributed by atoms with Crippen molar-refractivity contribution in [2.75, 3.05) is 5.32 Å². The van der Waals surface area contributed by atoms with Crippen LogP contribution < -0.4 is 5.32 Å². The summed E-state index contributed by atoms with van der Waals surface area (Å²) < 4.78 is 4.67. The van der Waals surface area contributed by atoms with E-state index in [9.17, 15) is 9.59 Å². The lowest BCUT2D eigenvalue weighted by molar-refractivity contribution is 0.0696. The van der Waals surface area contributed by atoms with Gasteiger partial charge >= 0.3 is 5.97 Å². The molecule has 18 heavy (non-hydrogen) atoms. The van der Waals surface area contributed by atoms with Crippen LogP contribution in [0.3, 0.4) is 0 Å². The van der Waals surface area contributed by atoms with Crippen LogP contribution in [0.1, 0.15) is 26.9 Å². The van der Waals surface area contributed by atoms with Gasteiger partial charge in [0.2, 0.25) is 5.89 Å². The molecule has 0 spiro atoms. The zero-order valence-corrected chi connectivity index (χ0v) is 9.38. The van der Waals surface area contributed by atoms with E-state index in [1.54, 1.807) is 6.92 Å². The van der Waals surface area contributed by atoms with Crippen LogP contribution in [0.2, 0.25) is 0 Å². The van der Waals surface area contributed by atoms with Crippen LogP contribution in [0.15, 0.2) is 28.8 Å². The number of rotatable bonds is 3. The lowest BCUT2D eigenvalue weighted by atomic mass is 10.2. The first-order valence-corrected chi connectivity index (χ1v) is 5.01. The van der Waals surface area contributed by atoms with E-state index in [1.807, 2.05) is 0 Å². The highest BCUT2D eigenvalue weighted by Crippen LogP contribution is 2.10. The zero-order chi connectivity index (χ0) is 13.1. The van der Waals surface area contributed by atoms with Crippen molar-refractivity contribution in [3.63, 3.8) is 0 Å². The standard InChI is InChI=1S/C11H9N3O4/c1-6-12-9(14-18-6)10(15)13-8-4-2-7(3-5-8)11(16)17/h2-5H,1H3,(H,13,15)(H,16,17). The Morgan fingerprint density at radius 3 is 2.44 bits per heavy atom. The number of aromatic carboxylic acids is 1. The van der Waals surface area contributed by atoms with Crippen LogP contribution in [-0.4, -0.2) is 27.1 Å². The van der Waals surface area contributed by atoms with Gasteiger partial charge in [-0.15, -0.1) is 0 Å². The number of carbonyl (C=O) groups excluding carboxylic acids is 1. The van der Waals surface area contributed by atoms with Crippen LogP contribution in [0, 0.1) is 6.92 Å². The summed E-state index contributed by atoms with van der Waals surface area (Å²) in [5, 5.41) is 14.7. The molecule has 0 atom stereocenters. The van der Waals surface area contributed by atoms with E-state index in [0.29, 0.717) is 11.6 Å². The first kappa shape index (κ1) is 11.8. The molecule has 1 amide bonds. The number of nitrogens with zero attached hydrogens (tertiary/aromatic N) is 2. The lowest BCUT2D eigenvalue weighted by Crippen LogP contribution is -2.13. The molecule has 7 nitrogen and oxygen atoms in total. The Bertz CT molecular complexity index is 589. The average Bonchev–Trinajstić information content (AvgIpc) is 2.76. The lowest BCUT2D eigenvalue weighted by Gasteiger charge is -2.02. The molecular formula is C11H9N3O4. The van der Waals surface area contributed by atoms with Crippen molar-refractivity contribution in [1.82, 2.24) is 10.1 Å². The molecule has 2 aromatic rings. The van der Waals surface area contributed by atoms with Gasteiger partial charge in [-0.05, 0) is 24.3 Å². The number of aromatic nitrogens is 2. The Kier molecular flexibility index (Phi) is 3.05. The molecule has 0 unspecified atom stereocenters. The molecule has 1 heterocycles. The number of hydrogen-bond acceptors (Lipinski definition) is 5. The smallest absolute Gasteiger partial charge is 0.335 e. The number of hydrogen-bond donors (Lipinski definition) is 2. The van der Waals surface area contributed by atoms with Crippen molar-refractivity contribution in [3.05, 3.63) is 41.5 Å². The van der Waals surface area contributed by atoms with Gasteiger partial charge in [-0.1, -0.05) is 5.16 Å². The van der Waals surface area contributed by atoms with Crippen molar-refractivity contribution in [3.8, 4) is 0 Å². The molecule has 2 N–H and O–H groups in total. The number of benzene rings is 1. The number of carboxylic acid groups (broad SMARTS) is 1. The Hall–Kier alpha value is -2.70. The third-order valence-electron chi connectivity index (χ3n) is 2.12. The van der Waals surface area contributed by atoms with Crippen LogP contribution in [-0.2, 0) is 0 Å². The second-order valence-electron chi connectivity index (χ2n) is 3.47. The fraction of sp³-hybridized carbons (Fsp3) is 0.0909. The number of carboxylic acids is 1. The third-order valence-corrected chi connectivity index (χ3v) is 2.12. The molecule has 1 aromatic carbocycles. The number of aryl methyl sites for hydroxylation is 1. The Morgan fingerprint density at radius 1 is 1.28 bits per heavy atom. The fourth-order valence-corrected chi connectivity index (χ4v) is 1.27. The summed E-state index contributed by atoms with van der Waals surface area (Å²) in [6.07, 6.45) is 0. The number of anilines is 1. The van der Waals surface area contributed by atoms with Gasteiger partial charge in [-0.3, -0.25) is 4.79 Å². The quantitative estimate of drug-likeness (QED) is 0.847. The highest BCUT2D eigenvalue weighted by atomic mass is 16.5. The van der Waals surface area contributed by atoms with Crippen LogP contribution in [0.25, 0.3) is 0 Å². The van der Waals surface area contributed by atoms with Gasteiger partial charge in [0.1, 0.15) is 0 Å². The maximum Gasteiger partial charge on any atom is 0.335 e. The van der Waals surface area contributed by atoms with E-state index in [-0.39, 0.29) is 11.4 Å². The van der Waals surface area contributed by atoms with E-state index in [0.717, 1.165) is 0 Å². The van der Waals surface area contributed by atoms with Gasteiger partial charge in [-0.25, -0.2) is 4.79 Å². The molecule has 0 saturated carbocycles. The van der Waals surface area contributed by atoms with Crippen LogP contribution in [0.5, 0.6) is 0 Å². The Morgan fingerprint density at radius 2 is 1.94 bits per heavy atom. The van der Waals surface area contributed by atoms with E-state index in [4.69, 9.17) is 5.11 Å². The SMILES string of the molecule is Cc1nc(C(=O)Nc2ccc(C(=O)O)cc2)no1. The van der Waals surface area contributed by atoms with Gasteiger partial charge in [0, 0.05) is 12.6 Å². The van der Waals surface area contributed by atoms with E-state index < -0.39 is 11.9 Å². The average molecular weight is 247 g/mol. The molecular weight excluding hydrogens is 238 g/mol. The van der Waals surface area contributed by atoms with E-state index in [2.05, 4.69) is 20.0 Å². The summed E-state index contributed by atoms with van der Waals surface area (Å²) in [7, 11) is 0. The predicted molar refractivity (Wildman–Crippen MR) is 60.4 cm³/mol. The zero-order valence-electron chi connectivity index (χ0n) is 9.38. The topological polar surface area (TPSA) is 105 Å². The minimum absolute atomic E-state index is 0.0742. The summed E-state index contributed by atoms with van der Waals surface area (Å²) in [6, 6.07) is 5.74. The summed E-state index contributed by atoms with van der Waals surface area (Å²) in [6.45, 7) is 1.57. The van der Waals surface area contributed by atoms with Crippen molar-refractivity contribution in [2.45, 2.75) is 6.92 Å². The van der Waals surface area contributed by atoms with Gasteiger partial charge in [-0.2, -0.15) is 4.98 Å². The first-order chi connectivity index (χ1) is 8.56. The maximum absolute atomic E-state index is 11.6. The monoisotopic (exact) mass is 247 g/mol. The molecule has 0 aliphatic carbocycles. The summed E-state index contributed by atoms with van der Waals surface area (Å²) in [4.78, 5) is 26.0. The van der Waals surface area contributed by atoms with Crippen molar-refractivity contribution in [1.29, 1.82) is 0 Å². The summed E-state index contributed by atoms with van der Waals surface area (Å²) in [5.74, 6) is -1.33. The van der Waals surface area contributed by atoms with E-state index >= 15 is 0 Å². The highest BCUT2D eigenvalue weighted by Gasteiger charge is 2.13. The third kappa shape index (κ3) is 2.51. The van der Waals surface area contributed by atoms with Crippen molar-refractivity contribution >= 4 is 17.6 Å². The van der Waals surface area contributed by atoms with Gasteiger partial charge < -0.3 is 14.9 Å². The number of carbonyl (C=O) groups is 2. The minimum Gasteiger partial charge on any atom is -0.478 e. The molecule has 0 aliphatic rings. The van der Waals surface area contributed by atoms with Crippen molar-refractivity contribution in [2.24, 2.45) is 0 Å². The molecule has 0 fully saturated rings.